The summed E-state index contributed by atoms with van der Waals surface area (Å²) in [5.74, 6) is 0. The number of nitrogens with two attached hydrogens (primary N) is 1. The number of hydrogen-bond acceptors (Lipinski definition) is 3. The molecule has 2 aromatic carbocycles. The maximum atomic E-state index is 5.88. The Balaban J connectivity index is 1.64. The van der Waals surface area contributed by atoms with Crippen LogP contribution in [-0.2, 0) is 6.54 Å². The lowest BCUT2D eigenvalue weighted by Crippen LogP contribution is -2.47. The molecule has 0 radical (unpaired) electrons. The number of nitrogens with zero attached hydrogens (tertiary/aromatic N) is 2. The van der Waals surface area contributed by atoms with E-state index >= 15 is 0 Å². The molecule has 0 aromatic heterocycles. The van der Waals surface area contributed by atoms with E-state index in [2.05, 4.69) is 46.2 Å². The minimum absolute atomic E-state index is 0.607. The van der Waals surface area contributed by atoms with Gasteiger partial charge >= 0.3 is 0 Å². The van der Waals surface area contributed by atoms with E-state index in [-0.39, 0.29) is 0 Å². The topological polar surface area (TPSA) is 32.5 Å². The predicted molar refractivity (Wildman–Crippen MR) is 88.6 cm³/mol. The van der Waals surface area contributed by atoms with Gasteiger partial charge in [0.15, 0.2) is 0 Å². The normalized spacial score (nSPS) is 20.1. The SMILES string of the molecule is NCc1ccc(N2CCN(C3CC3)CC2)c2ccccc12. The molecular formula is C18H23N3. The zero-order chi connectivity index (χ0) is 14.2. The predicted octanol–water partition coefficient (Wildman–Crippen LogP) is 2.58. The Bertz CT molecular complexity index is 640. The first-order chi connectivity index (χ1) is 10.4. The molecule has 0 amide bonds. The Kier molecular flexibility index (Phi) is 3.32. The number of hydrogen-bond donors (Lipinski definition) is 1. The summed E-state index contributed by atoms with van der Waals surface area (Å²) in [6.07, 6.45) is 2.82. The molecule has 2 aromatic rings. The van der Waals surface area contributed by atoms with Crippen molar-refractivity contribution in [3.8, 4) is 0 Å². The lowest BCUT2D eigenvalue weighted by atomic mass is 10.0. The molecule has 1 saturated carbocycles. The van der Waals surface area contributed by atoms with E-state index in [4.69, 9.17) is 5.73 Å². The van der Waals surface area contributed by atoms with Gasteiger partial charge in [-0.1, -0.05) is 30.3 Å². The maximum absolute atomic E-state index is 5.88. The zero-order valence-electron chi connectivity index (χ0n) is 12.5. The van der Waals surface area contributed by atoms with E-state index in [0.717, 1.165) is 19.1 Å². The van der Waals surface area contributed by atoms with Crippen molar-refractivity contribution in [3.63, 3.8) is 0 Å². The molecule has 1 saturated heterocycles. The van der Waals surface area contributed by atoms with E-state index in [9.17, 15) is 0 Å². The first-order valence-corrected chi connectivity index (χ1v) is 8.06. The Morgan fingerprint density at radius 3 is 2.29 bits per heavy atom. The summed E-state index contributed by atoms with van der Waals surface area (Å²) in [7, 11) is 0. The van der Waals surface area contributed by atoms with Crippen molar-refractivity contribution < 1.29 is 0 Å². The minimum atomic E-state index is 0.607. The summed E-state index contributed by atoms with van der Waals surface area (Å²) in [5, 5.41) is 2.66. The van der Waals surface area contributed by atoms with Gasteiger partial charge in [-0.25, -0.2) is 0 Å². The summed E-state index contributed by atoms with van der Waals surface area (Å²) < 4.78 is 0. The minimum Gasteiger partial charge on any atom is -0.368 e. The Morgan fingerprint density at radius 1 is 0.905 bits per heavy atom. The number of benzene rings is 2. The molecule has 1 aliphatic carbocycles. The zero-order valence-corrected chi connectivity index (χ0v) is 12.5. The molecule has 2 aliphatic rings. The van der Waals surface area contributed by atoms with Gasteiger partial charge in [0.1, 0.15) is 0 Å². The second kappa shape index (κ2) is 5.32. The van der Waals surface area contributed by atoms with Crippen LogP contribution in [0.4, 0.5) is 5.69 Å². The molecule has 2 fully saturated rings. The summed E-state index contributed by atoms with van der Waals surface area (Å²) in [6.45, 7) is 5.30. The molecule has 0 spiro atoms. The summed E-state index contributed by atoms with van der Waals surface area (Å²) >= 11 is 0. The third-order valence-electron chi connectivity index (χ3n) is 4.93. The largest absolute Gasteiger partial charge is 0.368 e. The van der Waals surface area contributed by atoms with E-state index in [1.165, 1.54) is 48.0 Å². The van der Waals surface area contributed by atoms with Crippen LogP contribution in [0.2, 0.25) is 0 Å². The van der Waals surface area contributed by atoms with Crippen molar-refractivity contribution in [3.05, 3.63) is 42.0 Å². The molecule has 0 atom stereocenters. The van der Waals surface area contributed by atoms with Gasteiger partial charge in [0.25, 0.3) is 0 Å². The van der Waals surface area contributed by atoms with Crippen LogP contribution in [0.1, 0.15) is 18.4 Å². The van der Waals surface area contributed by atoms with Crippen molar-refractivity contribution in [2.45, 2.75) is 25.4 Å². The quantitative estimate of drug-likeness (QED) is 0.938. The fourth-order valence-corrected chi connectivity index (χ4v) is 3.57. The van der Waals surface area contributed by atoms with Crippen molar-refractivity contribution in [2.75, 3.05) is 31.1 Å². The van der Waals surface area contributed by atoms with Crippen LogP contribution in [0.3, 0.4) is 0 Å². The van der Waals surface area contributed by atoms with Crippen LogP contribution >= 0.6 is 0 Å². The van der Waals surface area contributed by atoms with Crippen LogP contribution in [0.15, 0.2) is 36.4 Å². The van der Waals surface area contributed by atoms with Gasteiger partial charge in [-0.2, -0.15) is 0 Å². The van der Waals surface area contributed by atoms with E-state index in [0.29, 0.717) is 6.54 Å². The number of piperazine rings is 1. The molecule has 21 heavy (non-hydrogen) atoms. The highest BCUT2D eigenvalue weighted by atomic mass is 15.3. The van der Waals surface area contributed by atoms with Gasteiger partial charge in [-0.3, -0.25) is 4.90 Å². The summed E-state index contributed by atoms with van der Waals surface area (Å²) in [4.78, 5) is 5.20. The molecule has 110 valence electrons. The van der Waals surface area contributed by atoms with Gasteiger partial charge in [0, 0.05) is 49.8 Å². The fourth-order valence-electron chi connectivity index (χ4n) is 3.57. The van der Waals surface area contributed by atoms with Crippen LogP contribution in [0.5, 0.6) is 0 Å². The molecular weight excluding hydrogens is 258 g/mol. The molecule has 0 bridgehead atoms. The number of fused-ring (bicyclic) bond motifs is 1. The number of anilines is 1. The summed E-state index contributed by atoms with van der Waals surface area (Å²) in [6, 6.07) is 14.0. The average Bonchev–Trinajstić information content (AvgIpc) is 3.39. The van der Waals surface area contributed by atoms with E-state index < -0.39 is 0 Å². The summed E-state index contributed by atoms with van der Waals surface area (Å²) in [5.41, 5.74) is 8.50. The van der Waals surface area contributed by atoms with Crippen LogP contribution in [0, 0.1) is 0 Å². The van der Waals surface area contributed by atoms with Crippen molar-refractivity contribution in [1.29, 1.82) is 0 Å². The van der Waals surface area contributed by atoms with Gasteiger partial charge in [-0.05, 0) is 29.9 Å². The molecule has 4 rings (SSSR count). The number of rotatable bonds is 3. The highest BCUT2D eigenvalue weighted by molar-refractivity contribution is 5.96. The van der Waals surface area contributed by atoms with Gasteiger partial charge in [0.05, 0.1) is 0 Å². The molecule has 0 unspecified atom stereocenters. The highest BCUT2D eigenvalue weighted by Crippen LogP contribution is 2.32. The average molecular weight is 281 g/mol. The van der Waals surface area contributed by atoms with E-state index in [1.807, 2.05) is 0 Å². The molecule has 2 N–H and O–H groups in total. The molecule has 3 heteroatoms. The fraction of sp³-hybridized carbons (Fsp3) is 0.444. The van der Waals surface area contributed by atoms with E-state index in [1.54, 1.807) is 0 Å². The van der Waals surface area contributed by atoms with Gasteiger partial charge in [-0.15, -0.1) is 0 Å². The Labute approximate surface area is 126 Å². The Hall–Kier alpha value is -1.58. The molecule has 1 heterocycles. The van der Waals surface area contributed by atoms with Crippen LogP contribution < -0.4 is 10.6 Å². The first-order valence-electron chi connectivity index (χ1n) is 8.06. The molecule has 1 aliphatic heterocycles. The second-order valence-corrected chi connectivity index (χ2v) is 6.25. The Morgan fingerprint density at radius 2 is 1.62 bits per heavy atom. The third-order valence-corrected chi connectivity index (χ3v) is 4.93. The molecule has 3 nitrogen and oxygen atoms in total. The van der Waals surface area contributed by atoms with Gasteiger partial charge in [0.2, 0.25) is 0 Å². The lowest BCUT2D eigenvalue weighted by molar-refractivity contribution is 0.248. The van der Waals surface area contributed by atoms with Crippen molar-refractivity contribution in [1.82, 2.24) is 4.90 Å². The third kappa shape index (κ3) is 2.41. The van der Waals surface area contributed by atoms with Crippen molar-refractivity contribution in [2.24, 2.45) is 5.73 Å². The van der Waals surface area contributed by atoms with Crippen LogP contribution in [0.25, 0.3) is 10.8 Å². The van der Waals surface area contributed by atoms with Crippen molar-refractivity contribution >= 4 is 16.5 Å². The lowest BCUT2D eigenvalue weighted by Gasteiger charge is -2.37. The maximum Gasteiger partial charge on any atom is 0.0447 e. The monoisotopic (exact) mass is 281 g/mol. The van der Waals surface area contributed by atoms with Crippen LogP contribution in [-0.4, -0.2) is 37.1 Å². The first kappa shape index (κ1) is 13.1. The standard InChI is InChI=1S/C18H23N3/c19-13-14-5-8-18(17-4-2-1-3-16(14)17)21-11-9-20(10-12-21)15-6-7-15/h1-5,8,15H,6-7,9-13,19H2. The smallest absolute Gasteiger partial charge is 0.0447 e. The highest BCUT2D eigenvalue weighted by Gasteiger charge is 2.31. The second-order valence-electron chi connectivity index (χ2n) is 6.25. The van der Waals surface area contributed by atoms with Gasteiger partial charge < -0.3 is 10.6 Å².